The van der Waals surface area contributed by atoms with E-state index in [0.29, 0.717) is 34.5 Å². The van der Waals surface area contributed by atoms with Gasteiger partial charge in [0.05, 0.1) is 71.1 Å². The molecule has 0 aliphatic carbocycles. The monoisotopic (exact) mass is 1250 g/mol. The highest BCUT2D eigenvalue weighted by molar-refractivity contribution is 5.97. The van der Waals surface area contributed by atoms with Gasteiger partial charge in [0, 0.05) is 30.3 Å². The molecule has 89 heavy (non-hydrogen) atoms. The number of ether oxygens (including phenoxy) is 10. The second-order valence-corrected chi connectivity index (χ2v) is 16.1. The van der Waals surface area contributed by atoms with Crippen LogP contribution in [0.15, 0.2) is 115 Å². The minimum atomic E-state index is -1.45. The quantitative estimate of drug-likeness (QED) is 0.0410. The Bertz CT molecular complexity index is 3460. The Morgan fingerprint density at radius 2 is 0.618 bits per heavy atom. The van der Waals surface area contributed by atoms with Gasteiger partial charge in [-0.2, -0.15) is 0 Å². The Labute approximate surface area is 505 Å². The normalized spacial score (nSPS) is 9.46. The standard InChI is InChI=1S/2C10H12O5.2C9H10O4.C7H6O5.C7H6O4.C7H6O3/c1-13-6-4-7(14-2)9(10(11)12)8(5-6)15-3;1-13-7-5-4-6(10(11)12)8(14-2)9(7)15-3;1-12-6-3-4-7(9(10)11)8(5-6)13-2;1-12-6-4-3-5-7(13-2)8(6)9(10)11;8-3-1-4(9)6(7(11)12)5(10)2-3;8-4-2-1-3-5(9)6(4)7(10)11;8-6-4-2-1-3-5(6)7(9)10/h2*4-5H,1-3H3,(H,11,12);2*3-5H,1-2H3,(H,10,11);1-2,8-10H,(H,11,12);1-3,8-9H,(H,10,11);1-4,8H,(H,9,10). The summed E-state index contributed by atoms with van der Waals surface area (Å²) in [7, 11) is 14.3. The summed E-state index contributed by atoms with van der Waals surface area (Å²) in [4.78, 5) is 74.2. The van der Waals surface area contributed by atoms with Crippen molar-refractivity contribution in [3.63, 3.8) is 0 Å². The van der Waals surface area contributed by atoms with Gasteiger partial charge in [0.25, 0.3) is 0 Å². The van der Waals surface area contributed by atoms with Crippen LogP contribution in [0.25, 0.3) is 0 Å². The maximum absolute atomic E-state index is 11.0. The smallest absolute Gasteiger partial charge is 0.343 e. The van der Waals surface area contributed by atoms with Crippen molar-refractivity contribution in [2.75, 3.05) is 71.1 Å². The van der Waals surface area contributed by atoms with E-state index in [0.717, 1.165) is 12.1 Å². The Kier molecular flexibility index (Phi) is 31.1. The molecule has 30 nitrogen and oxygen atoms in total. The summed E-state index contributed by atoms with van der Waals surface area (Å²) in [5.74, 6) is -7.74. The first-order valence-electron chi connectivity index (χ1n) is 24.2. The first-order valence-corrected chi connectivity index (χ1v) is 24.2. The van der Waals surface area contributed by atoms with Crippen molar-refractivity contribution in [3.05, 3.63) is 154 Å². The Balaban J connectivity index is 0.000000521. The largest absolute Gasteiger partial charge is 0.508 e. The molecule has 30 heteroatoms. The van der Waals surface area contributed by atoms with E-state index >= 15 is 0 Å². The number of hydrogen-bond acceptors (Lipinski definition) is 23. The molecule has 13 N–H and O–H groups in total. The first-order chi connectivity index (χ1) is 42.0. The van der Waals surface area contributed by atoms with Crippen LogP contribution < -0.4 is 47.4 Å². The van der Waals surface area contributed by atoms with Crippen LogP contribution in [0.4, 0.5) is 0 Å². The number of hydrogen-bond donors (Lipinski definition) is 13. The third-order valence-corrected chi connectivity index (χ3v) is 10.8. The number of carbonyl (C=O) groups is 7. The van der Waals surface area contributed by atoms with Gasteiger partial charge in [-0.1, -0.05) is 24.3 Å². The molecule has 0 aromatic heterocycles. The van der Waals surface area contributed by atoms with Crippen LogP contribution in [0.1, 0.15) is 72.5 Å². The Morgan fingerprint density at radius 1 is 0.258 bits per heavy atom. The second-order valence-electron chi connectivity index (χ2n) is 16.1. The van der Waals surface area contributed by atoms with Crippen molar-refractivity contribution in [1.82, 2.24) is 0 Å². The molecule has 0 bridgehead atoms. The third kappa shape index (κ3) is 22.0. The Morgan fingerprint density at radius 3 is 0.966 bits per heavy atom. The van der Waals surface area contributed by atoms with Crippen LogP contribution in [-0.2, 0) is 0 Å². The zero-order valence-corrected chi connectivity index (χ0v) is 48.7. The number of carboxylic acids is 7. The minimum absolute atomic E-state index is 0.0131. The SMILES string of the molecule is COc1cc(OC)c(C(=O)O)c(OC)c1.COc1ccc(C(=O)O)c(OC)c1.COc1ccc(C(=O)O)c(OC)c1OC.COc1cccc(OC)c1C(=O)O.O=C(O)c1c(O)cc(O)cc1O.O=C(O)c1c(O)cccc1O.O=C(O)c1ccccc1O. The van der Waals surface area contributed by atoms with Crippen LogP contribution in [-0.4, -0.2) is 179 Å². The lowest BCUT2D eigenvalue weighted by atomic mass is 10.1. The molecule has 7 aromatic carbocycles. The van der Waals surface area contributed by atoms with Crippen molar-refractivity contribution < 1.29 is 147 Å². The van der Waals surface area contributed by atoms with E-state index in [9.17, 15) is 33.6 Å². The molecule has 0 unspecified atom stereocenters. The van der Waals surface area contributed by atoms with E-state index in [-0.39, 0.29) is 56.6 Å². The van der Waals surface area contributed by atoms with Crippen LogP contribution in [0.5, 0.6) is 92.0 Å². The van der Waals surface area contributed by atoms with E-state index in [2.05, 4.69) is 0 Å². The average molecular weight is 1250 g/mol. The highest BCUT2D eigenvalue weighted by atomic mass is 16.5. The molecule has 0 saturated carbocycles. The summed E-state index contributed by atoms with van der Waals surface area (Å²) >= 11 is 0. The lowest BCUT2D eigenvalue weighted by Gasteiger charge is -2.13. The highest BCUT2D eigenvalue weighted by Crippen LogP contribution is 2.40. The molecule has 0 atom stereocenters. The van der Waals surface area contributed by atoms with E-state index in [4.69, 9.17) is 114 Å². The van der Waals surface area contributed by atoms with Crippen molar-refractivity contribution in [1.29, 1.82) is 0 Å². The number of aromatic hydroxyl groups is 6. The molecule has 478 valence electrons. The number of benzene rings is 7. The van der Waals surface area contributed by atoms with Crippen molar-refractivity contribution >= 4 is 41.8 Å². The molecule has 7 rings (SSSR count). The summed E-state index contributed by atoms with van der Waals surface area (Å²) < 4.78 is 49.5. The predicted molar refractivity (Wildman–Crippen MR) is 309 cm³/mol. The van der Waals surface area contributed by atoms with Gasteiger partial charge in [-0.05, 0) is 60.7 Å². The van der Waals surface area contributed by atoms with Gasteiger partial charge in [-0.3, -0.25) is 0 Å². The summed E-state index contributed by atoms with van der Waals surface area (Å²) in [6.45, 7) is 0. The van der Waals surface area contributed by atoms with Gasteiger partial charge < -0.3 is 114 Å². The number of methoxy groups -OCH3 is 10. The van der Waals surface area contributed by atoms with Gasteiger partial charge in [-0.15, -0.1) is 0 Å². The topological polar surface area (TPSA) is 475 Å². The van der Waals surface area contributed by atoms with E-state index in [1.54, 1.807) is 36.4 Å². The Hall–Kier alpha value is -12.4. The van der Waals surface area contributed by atoms with Crippen molar-refractivity contribution in [2.24, 2.45) is 0 Å². The van der Waals surface area contributed by atoms with Gasteiger partial charge in [0.1, 0.15) is 114 Å². The van der Waals surface area contributed by atoms with Crippen LogP contribution in [0.3, 0.4) is 0 Å². The number of carboxylic acid groups (broad SMARTS) is 7. The maximum atomic E-state index is 11.0. The number of aromatic carboxylic acids is 7. The van der Waals surface area contributed by atoms with Gasteiger partial charge >= 0.3 is 41.8 Å². The van der Waals surface area contributed by atoms with Crippen LogP contribution >= 0.6 is 0 Å². The number of phenols is 6. The molecule has 0 saturated heterocycles. The molecular formula is C59H62O30. The number of rotatable bonds is 17. The van der Waals surface area contributed by atoms with E-state index in [1.165, 1.54) is 138 Å². The zero-order valence-electron chi connectivity index (χ0n) is 48.7. The molecule has 0 radical (unpaired) electrons. The van der Waals surface area contributed by atoms with Crippen LogP contribution in [0, 0.1) is 0 Å². The molecule has 0 aliphatic rings. The summed E-state index contributed by atoms with van der Waals surface area (Å²) in [5.41, 5.74) is -0.949. The summed E-state index contributed by atoms with van der Waals surface area (Å²) in [5, 5.41) is 114. The molecule has 0 spiro atoms. The summed E-state index contributed by atoms with van der Waals surface area (Å²) in [6.07, 6.45) is 0. The van der Waals surface area contributed by atoms with Gasteiger partial charge in [-0.25, -0.2) is 33.6 Å². The maximum Gasteiger partial charge on any atom is 0.343 e. The fraction of sp³-hybridized carbons (Fsp3) is 0.169. The van der Waals surface area contributed by atoms with Gasteiger partial charge in [0.2, 0.25) is 5.75 Å². The third-order valence-electron chi connectivity index (χ3n) is 10.8. The van der Waals surface area contributed by atoms with Crippen molar-refractivity contribution in [2.45, 2.75) is 0 Å². The molecule has 0 aliphatic heterocycles. The van der Waals surface area contributed by atoms with E-state index in [1.807, 2.05) is 0 Å². The van der Waals surface area contributed by atoms with Crippen molar-refractivity contribution in [3.8, 4) is 92.0 Å². The van der Waals surface area contributed by atoms with Crippen LogP contribution in [0.2, 0.25) is 0 Å². The highest BCUT2D eigenvalue weighted by Gasteiger charge is 2.22. The minimum Gasteiger partial charge on any atom is -0.508 e. The lowest BCUT2D eigenvalue weighted by molar-refractivity contribution is 0.0678. The molecule has 0 heterocycles. The molecule has 0 fully saturated rings. The fourth-order valence-electron chi connectivity index (χ4n) is 6.74. The van der Waals surface area contributed by atoms with E-state index < -0.39 is 81.7 Å². The molecule has 7 aromatic rings. The number of para-hydroxylation sites is 1. The van der Waals surface area contributed by atoms with Gasteiger partial charge in [0.15, 0.2) is 11.5 Å². The lowest BCUT2D eigenvalue weighted by Crippen LogP contribution is -2.04. The molecule has 0 amide bonds. The second kappa shape index (κ2) is 37.0. The average Bonchev–Trinajstić information content (AvgIpc) is 3.70. The fourth-order valence-corrected chi connectivity index (χ4v) is 6.74. The first kappa shape index (κ1) is 74.6. The predicted octanol–water partition coefficient (Wildman–Crippen LogP) is 8.01. The molecular weight excluding hydrogens is 1190 g/mol. The number of phenolic OH excluding ortho intramolecular Hbond substituents is 1. The zero-order chi connectivity index (χ0) is 67.8. The summed E-state index contributed by atoms with van der Waals surface area (Å²) in [6, 6.07) is 26.5.